The van der Waals surface area contributed by atoms with Gasteiger partial charge in [0.05, 0.1) is 12.3 Å². The first-order chi connectivity index (χ1) is 21.9. The maximum atomic E-state index is 6.23. The van der Waals surface area contributed by atoms with E-state index in [1.807, 2.05) is 12.1 Å². The molecule has 0 saturated carbocycles. The normalized spacial score (nSPS) is 11.6. The molecule has 0 unspecified atom stereocenters. The molecule has 0 aliphatic heterocycles. The van der Waals surface area contributed by atoms with Crippen molar-refractivity contribution in [3.05, 3.63) is 107 Å². The molecule has 0 atom stereocenters. The van der Waals surface area contributed by atoms with Crippen LogP contribution in [0.5, 0.6) is 0 Å². The standard InChI is InChI=1S/C16H25NOSi.C15H14ClN3.C4H2Cl2N2/c1-16(2,3)19(4,5)18-13-12-17-11-10-14-8-6-7-9-15(14)17;1-2-9-19-10-12(11-5-3-4-6-14(11)19)13-7-8-17-15(16)18-13;5-3-1-2-7-4(6)8-3/h6-11H,12-13H2,1-5H3;3-8,10H,2,9H2,1H3;1-2H. The second kappa shape index (κ2) is 16.0. The van der Waals surface area contributed by atoms with Crippen LogP contribution in [-0.2, 0) is 17.5 Å². The van der Waals surface area contributed by atoms with Crippen LogP contribution in [0, 0.1) is 0 Å². The lowest BCUT2D eigenvalue weighted by Crippen LogP contribution is -2.41. The van der Waals surface area contributed by atoms with Crippen LogP contribution in [0.2, 0.25) is 33.9 Å². The summed E-state index contributed by atoms with van der Waals surface area (Å²) in [6.45, 7) is 16.4. The van der Waals surface area contributed by atoms with E-state index in [4.69, 9.17) is 39.2 Å². The molecule has 0 saturated heterocycles. The lowest BCUT2D eigenvalue weighted by Gasteiger charge is -2.36. The Kier molecular flexibility index (Phi) is 12.4. The highest BCUT2D eigenvalue weighted by atomic mass is 35.5. The Bertz CT molecular complexity index is 1850. The molecule has 6 aromatic rings. The van der Waals surface area contributed by atoms with Crippen molar-refractivity contribution in [2.75, 3.05) is 6.61 Å². The number of halogens is 3. The lowest BCUT2D eigenvalue weighted by atomic mass is 10.1. The Balaban J connectivity index is 0.000000169. The first kappa shape index (κ1) is 35.6. The predicted molar refractivity (Wildman–Crippen MR) is 195 cm³/mol. The molecule has 11 heteroatoms. The van der Waals surface area contributed by atoms with Gasteiger partial charge in [0.2, 0.25) is 10.6 Å². The third kappa shape index (κ3) is 9.39. The van der Waals surface area contributed by atoms with Gasteiger partial charge >= 0.3 is 0 Å². The van der Waals surface area contributed by atoms with Crippen LogP contribution in [0.25, 0.3) is 33.1 Å². The van der Waals surface area contributed by atoms with Crippen LogP contribution in [0.3, 0.4) is 0 Å². The zero-order valence-electron chi connectivity index (χ0n) is 27.2. The molecule has 0 spiro atoms. The van der Waals surface area contributed by atoms with Gasteiger partial charge in [-0.05, 0) is 83.5 Å². The Morgan fingerprint density at radius 2 is 1.41 bits per heavy atom. The number of fused-ring (bicyclic) bond motifs is 2. The van der Waals surface area contributed by atoms with E-state index in [0.717, 1.165) is 37.4 Å². The Morgan fingerprint density at radius 3 is 2.04 bits per heavy atom. The zero-order chi connectivity index (χ0) is 33.3. The van der Waals surface area contributed by atoms with Crippen molar-refractivity contribution in [1.29, 1.82) is 0 Å². The van der Waals surface area contributed by atoms with Crippen LogP contribution in [0.4, 0.5) is 0 Å². The van der Waals surface area contributed by atoms with Gasteiger partial charge in [-0.2, -0.15) is 0 Å². The van der Waals surface area contributed by atoms with Crippen molar-refractivity contribution in [2.24, 2.45) is 0 Å². The molecular weight excluding hydrogens is 655 g/mol. The zero-order valence-corrected chi connectivity index (χ0v) is 30.5. The average Bonchev–Trinajstić information content (AvgIpc) is 3.59. The molecule has 7 nitrogen and oxygen atoms in total. The van der Waals surface area contributed by atoms with E-state index >= 15 is 0 Å². The fraction of sp³-hybridized carbons (Fsp3) is 0.314. The fourth-order valence-corrected chi connectivity index (χ4v) is 6.14. The summed E-state index contributed by atoms with van der Waals surface area (Å²) in [5, 5.41) is 3.61. The minimum absolute atomic E-state index is 0.178. The SMILES string of the molecule is CC(C)(C)[Si](C)(C)OCCn1ccc2ccccc21.CCCn1cc(-c2ccnc(Cl)n2)c2ccccc21.Clc1ccnc(Cl)n1. The van der Waals surface area contributed by atoms with Gasteiger partial charge < -0.3 is 13.6 Å². The maximum Gasteiger partial charge on any atom is 0.223 e. The second-order valence-corrected chi connectivity index (χ2v) is 18.2. The van der Waals surface area contributed by atoms with E-state index in [1.54, 1.807) is 12.3 Å². The molecule has 0 radical (unpaired) electrons. The van der Waals surface area contributed by atoms with Crippen molar-refractivity contribution in [1.82, 2.24) is 29.1 Å². The summed E-state index contributed by atoms with van der Waals surface area (Å²) in [5.41, 5.74) is 4.50. The number of hydrogen-bond acceptors (Lipinski definition) is 5. The van der Waals surface area contributed by atoms with E-state index in [0.29, 0.717) is 5.15 Å². The van der Waals surface area contributed by atoms with E-state index < -0.39 is 8.32 Å². The third-order valence-electron chi connectivity index (χ3n) is 8.03. The predicted octanol–water partition coefficient (Wildman–Crippen LogP) is 10.6. The second-order valence-electron chi connectivity index (χ2n) is 12.3. The Hall–Kier alpha value is -3.27. The van der Waals surface area contributed by atoms with Crippen LogP contribution >= 0.6 is 34.8 Å². The molecule has 46 heavy (non-hydrogen) atoms. The highest BCUT2D eigenvalue weighted by Crippen LogP contribution is 2.36. The summed E-state index contributed by atoms with van der Waals surface area (Å²) < 4.78 is 10.8. The van der Waals surface area contributed by atoms with Crippen LogP contribution in [0.1, 0.15) is 34.1 Å². The lowest BCUT2D eigenvalue weighted by molar-refractivity contribution is 0.273. The fourth-order valence-electron chi connectivity index (χ4n) is 4.63. The van der Waals surface area contributed by atoms with Gasteiger partial charge in [0.1, 0.15) is 5.15 Å². The van der Waals surface area contributed by atoms with E-state index in [-0.39, 0.29) is 15.6 Å². The highest BCUT2D eigenvalue weighted by molar-refractivity contribution is 6.74. The summed E-state index contributed by atoms with van der Waals surface area (Å²) in [5.74, 6) is 0. The summed E-state index contributed by atoms with van der Waals surface area (Å²) in [6, 6.07) is 22.5. The van der Waals surface area contributed by atoms with E-state index in [2.05, 4.69) is 131 Å². The first-order valence-corrected chi connectivity index (χ1v) is 19.3. The van der Waals surface area contributed by atoms with Crippen LogP contribution < -0.4 is 0 Å². The van der Waals surface area contributed by atoms with Gasteiger partial charge in [0.25, 0.3) is 0 Å². The summed E-state index contributed by atoms with van der Waals surface area (Å²) in [6.07, 6.45) is 8.59. The minimum Gasteiger partial charge on any atom is -0.415 e. The smallest absolute Gasteiger partial charge is 0.223 e. The van der Waals surface area contributed by atoms with Crippen molar-refractivity contribution in [3.63, 3.8) is 0 Å². The molecule has 4 heterocycles. The molecule has 0 amide bonds. The molecule has 0 aliphatic carbocycles. The van der Waals surface area contributed by atoms with Crippen molar-refractivity contribution in [3.8, 4) is 11.3 Å². The van der Waals surface area contributed by atoms with Gasteiger partial charge in [-0.15, -0.1) is 0 Å². The molecule has 2 aromatic carbocycles. The van der Waals surface area contributed by atoms with Gasteiger partial charge in [0.15, 0.2) is 8.32 Å². The van der Waals surface area contributed by atoms with Gasteiger partial charge in [-0.1, -0.05) is 75.7 Å². The average molecular weight is 696 g/mol. The van der Waals surface area contributed by atoms with Crippen molar-refractivity contribution < 1.29 is 4.43 Å². The summed E-state index contributed by atoms with van der Waals surface area (Å²) >= 11 is 16.6. The van der Waals surface area contributed by atoms with Gasteiger partial charge in [-0.3, -0.25) is 0 Å². The van der Waals surface area contributed by atoms with Gasteiger partial charge in [-0.25, -0.2) is 19.9 Å². The van der Waals surface area contributed by atoms with Crippen molar-refractivity contribution >= 4 is 64.9 Å². The van der Waals surface area contributed by atoms with E-state index in [1.165, 1.54) is 28.0 Å². The Morgan fingerprint density at radius 1 is 0.761 bits per heavy atom. The molecule has 6 rings (SSSR count). The molecule has 4 aromatic heterocycles. The highest BCUT2D eigenvalue weighted by Gasteiger charge is 2.36. The monoisotopic (exact) mass is 694 g/mol. The summed E-state index contributed by atoms with van der Waals surface area (Å²) in [4.78, 5) is 15.4. The summed E-state index contributed by atoms with van der Waals surface area (Å²) in [7, 11) is -1.62. The molecule has 0 aliphatic rings. The third-order valence-corrected chi connectivity index (χ3v) is 13.1. The molecule has 0 fully saturated rings. The number of hydrogen-bond donors (Lipinski definition) is 0. The number of aromatic nitrogens is 6. The number of nitrogens with zero attached hydrogens (tertiary/aromatic N) is 6. The largest absolute Gasteiger partial charge is 0.415 e. The van der Waals surface area contributed by atoms with Crippen LogP contribution in [0.15, 0.2) is 91.5 Å². The maximum absolute atomic E-state index is 6.23. The molecule has 0 bridgehead atoms. The number of benzene rings is 2. The number of aryl methyl sites for hydroxylation is 1. The molecule has 242 valence electrons. The quantitative estimate of drug-likeness (QED) is 0.0944. The number of rotatable bonds is 7. The minimum atomic E-state index is -1.62. The molecular formula is C35H41Cl3N6OSi. The van der Waals surface area contributed by atoms with Crippen LogP contribution in [-0.4, -0.2) is 44.0 Å². The van der Waals surface area contributed by atoms with Crippen molar-refractivity contribution in [2.45, 2.75) is 65.3 Å². The topological polar surface area (TPSA) is 70.7 Å². The first-order valence-electron chi connectivity index (χ1n) is 15.3. The number of para-hydroxylation sites is 2. The van der Waals surface area contributed by atoms with Gasteiger partial charge in [0, 0.05) is 59.9 Å². The van der Waals surface area contributed by atoms with E-state index in [9.17, 15) is 0 Å². The molecule has 0 N–H and O–H groups in total. The Labute approximate surface area is 287 Å².